The zero-order valence-electron chi connectivity index (χ0n) is 17.4. The molecule has 0 bridgehead atoms. The number of rotatable bonds is 3. The molecular weight excluding hydrogens is 398 g/mol. The molecule has 0 aromatic carbocycles. The van der Waals surface area contributed by atoms with Crippen LogP contribution in [0.15, 0.2) is 30.4 Å². The second-order valence-electron chi connectivity index (χ2n) is 7.50. The lowest BCUT2D eigenvalue weighted by Crippen LogP contribution is -2.48. The number of aromatic amines is 1. The molecule has 3 aromatic heterocycles. The minimum absolute atomic E-state index is 0.278. The maximum absolute atomic E-state index is 12.3. The Bertz CT molecular complexity index is 1230. The highest BCUT2D eigenvalue weighted by atomic mass is 16.3. The fourth-order valence-electron chi connectivity index (χ4n) is 3.73. The van der Waals surface area contributed by atoms with Crippen molar-refractivity contribution in [3.63, 3.8) is 0 Å². The van der Waals surface area contributed by atoms with Crippen LogP contribution in [0.3, 0.4) is 0 Å². The third-order valence-electron chi connectivity index (χ3n) is 5.62. The minimum Gasteiger partial charge on any atom is -0.508 e. The number of nitrogens with one attached hydrogen (secondary N) is 3. The van der Waals surface area contributed by atoms with Crippen LogP contribution in [-0.4, -0.2) is 60.8 Å². The summed E-state index contributed by atoms with van der Waals surface area (Å²) < 4.78 is 1.61. The van der Waals surface area contributed by atoms with E-state index in [0.717, 1.165) is 5.69 Å². The van der Waals surface area contributed by atoms with E-state index in [1.165, 1.54) is 13.4 Å². The topological polar surface area (TPSA) is 141 Å². The number of aliphatic hydroxyl groups excluding tert-OH is 2. The van der Waals surface area contributed by atoms with Crippen molar-refractivity contribution >= 4 is 28.6 Å². The van der Waals surface area contributed by atoms with E-state index in [1.807, 2.05) is 12.1 Å². The van der Waals surface area contributed by atoms with Crippen LogP contribution in [-0.2, 0) is 4.79 Å². The molecule has 31 heavy (non-hydrogen) atoms. The number of amides is 1. The molecule has 160 valence electrons. The summed E-state index contributed by atoms with van der Waals surface area (Å²) in [5, 5.41) is 27.0. The van der Waals surface area contributed by atoms with Crippen molar-refractivity contribution in [2.45, 2.75) is 25.9 Å². The largest absolute Gasteiger partial charge is 0.508 e. The standard InChI is InChI=1S/C21H23N7O3/c1-21(20(31)23-3)9-8-13(16(29)17(21)30)28-11-25-15-18(22-2)26-14(27-19(15)28)7-6-12-5-4-10-24-12/h4-5,10-11,17,24,29-30H,8-9H2,1-3H3,(H,23,31)(H,22,26,27)/t17-,21?/m0/s1. The average Bonchev–Trinajstić information content (AvgIpc) is 3.45. The molecule has 4 rings (SSSR count). The quantitative estimate of drug-likeness (QED) is 0.401. The lowest BCUT2D eigenvalue weighted by atomic mass is 9.74. The van der Waals surface area contributed by atoms with Crippen LogP contribution in [0.4, 0.5) is 5.82 Å². The highest BCUT2D eigenvalue weighted by Crippen LogP contribution is 2.41. The first-order chi connectivity index (χ1) is 14.9. The van der Waals surface area contributed by atoms with Crippen LogP contribution in [0.2, 0.25) is 0 Å². The number of carbonyl (C=O) groups excluding carboxylic acids is 1. The fraction of sp³-hybridized carbons (Fsp3) is 0.333. The molecule has 1 amide bonds. The van der Waals surface area contributed by atoms with Crippen LogP contribution in [0.1, 0.15) is 31.3 Å². The van der Waals surface area contributed by atoms with Gasteiger partial charge in [-0.1, -0.05) is 0 Å². The first kappa shape index (κ1) is 20.4. The van der Waals surface area contributed by atoms with E-state index in [-0.39, 0.29) is 17.5 Å². The average molecular weight is 421 g/mol. The number of hydrogen-bond donors (Lipinski definition) is 5. The van der Waals surface area contributed by atoms with Crippen LogP contribution in [0, 0.1) is 17.3 Å². The molecule has 2 atom stereocenters. The second-order valence-corrected chi connectivity index (χ2v) is 7.50. The predicted molar refractivity (Wildman–Crippen MR) is 115 cm³/mol. The summed E-state index contributed by atoms with van der Waals surface area (Å²) in [5.41, 5.74) is 0.971. The van der Waals surface area contributed by atoms with E-state index >= 15 is 0 Å². The number of hydrogen-bond acceptors (Lipinski definition) is 7. The Morgan fingerprint density at radius 3 is 2.84 bits per heavy atom. The summed E-state index contributed by atoms with van der Waals surface area (Å²) in [7, 11) is 3.23. The van der Waals surface area contributed by atoms with E-state index < -0.39 is 11.5 Å². The summed E-state index contributed by atoms with van der Waals surface area (Å²) in [6.07, 6.45) is 2.63. The zero-order chi connectivity index (χ0) is 22.2. The second kappa shape index (κ2) is 7.77. The summed E-state index contributed by atoms with van der Waals surface area (Å²) in [6.45, 7) is 1.63. The molecule has 10 nitrogen and oxygen atoms in total. The van der Waals surface area contributed by atoms with Crippen molar-refractivity contribution in [1.82, 2.24) is 29.8 Å². The fourth-order valence-corrected chi connectivity index (χ4v) is 3.73. The number of imidazole rings is 1. The van der Waals surface area contributed by atoms with Crippen LogP contribution in [0.5, 0.6) is 0 Å². The molecule has 1 aliphatic carbocycles. The Morgan fingerprint density at radius 2 is 2.16 bits per heavy atom. The van der Waals surface area contributed by atoms with Crippen molar-refractivity contribution in [3.05, 3.63) is 41.9 Å². The first-order valence-corrected chi connectivity index (χ1v) is 9.80. The smallest absolute Gasteiger partial charge is 0.228 e. The van der Waals surface area contributed by atoms with Crippen LogP contribution >= 0.6 is 0 Å². The highest BCUT2D eigenvalue weighted by molar-refractivity contribution is 5.87. The van der Waals surface area contributed by atoms with Gasteiger partial charge in [-0.25, -0.2) is 15.0 Å². The van der Waals surface area contributed by atoms with Gasteiger partial charge < -0.3 is 25.8 Å². The molecule has 0 aliphatic heterocycles. The lowest BCUT2D eigenvalue weighted by Gasteiger charge is -2.37. The molecule has 0 spiro atoms. The molecule has 0 saturated heterocycles. The summed E-state index contributed by atoms with van der Waals surface area (Å²) in [5.74, 6) is 6.05. The van der Waals surface area contributed by atoms with Gasteiger partial charge in [0.25, 0.3) is 0 Å². The van der Waals surface area contributed by atoms with Gasteiger partial charge in [0.15, 0.2) is 17.0 Å². The van der Waals surface area contributed by atoms with Gasteiger partial charge in [-0.05, 0) is 43.7 Å². The van der Waals surface area contributed by atoms with Crippen molar-refractivity contribution in [1.29, 1.82) is 0 Å². The number of fused-ring (bicyclic) bond motifs is 1. The maximum Gasteiger partial charge on any atom is 0.228 e. The Morgan fingerprint density at radius 1 is 1.35 bits per heavy atom. The van der Waals surface area contributed by atoms with Gasteiger partial charge >= 0.3 is 0 Å². The van der Waals surface area contributed by atoms with Gasteiger partial charge in [0, 0.05) is 20.3 Å². The van der Waals surface area contributed by atoms with Gasteiger partial charge in [0.05, 0.1) is 16.8 Å². The van der Waals surface area contributed by atoms with Crippen molar-refractivity contribution in [2.75, 3.05) is 19.4 Å². The molecule has 0 saturated carbocycles. The Balaban J connectivity index is 1.81. The van der Waals surface area contributed by atoms with Gasteiger partial charge in [-0.2, -0.15) is 0 Å². The molecule has 0 radical (unpaired) electrons. The lowest BCUT2D eigenvalue weighted by molar-refractivity contribution is -0.137. The van der Waals surface area contributed by atoms with Crippen molar-refractivity contribution in [2.24, 2.45) is 5.41 Å². The number of H-pyrrole nitrogens is 1. The van der Waals surface area contributed by atoms with Gasteiger partial charge in [-0.15, -0.1) is 0 Å². The highest BCUT2D eigenvalue weighted by Gasteiger charge is 2.46. The molecule has 0 fully saturated rings. The molecule has 5 N–H and O–H groups in total. The van der Waals surface area contributed by atoms with Crippen LogP contribution < -0.4 is 10.6 Å². The number of nitrogens with zero attached hydrogens (tertiary/aromatic N) is 4. The normalized spacial score (nSPS) is 21.0. The van der Waals surface area contributed by atoms with E-state index in [2.05, 4.69) is 42.4 Å². The van der Waals surface area contributed by atoms with E-state index in [1.54, 1.807) is 24.7 Å². The monoisotopic (exact) mass is 421 g/mol. The van der Waals surface area contributed by atoms with Crippen molar-refractivity contribution < 1.29 is 15.0 Å². The predicted octanol–water partition coefficient (Wildman–Crippen LogP) is 1.23. The molecule has 3 heterocycles. The van der Waals surface area contributed by atoms with Gasteiger partial charge in [0.2, 0.25) is 11.7 Å². The van der Waals surface area contributed by atoms with Gasteiger partial charge in [-0.3, -0.25) is 9.36 Å². The molecule has 1 aliphatic rings. The van der Waals surface area contributed by atoms with E-state index in [9.17, 15) is 15.0 Å². The number of anilines is 1. The minimum atomic E-state index is -1.36. The Kier molecular flexibility index (Phi) is 5.12. The summed E-state index contributed by atoms with van der Waals surface area (Å²) in [6, 6.07) is 3.68. The third-order valence-corrected chi connectivity index (χ3v) is 5.62. The summed E-state index contributed by atoms with van der Waals surface area (Å²) in [4.78, 5) is 28.6. The maximum atomic E-state index is 12.3. The number of allylic oxidation sites excluding steroid dienone is 1. The Labute approximate surface area is 178 Å². The molecular formula is C21H23N7O3. The first-order valence-electron chi connectivity index (χ1n) is 9.80. The summed E-state index contributed by atoms with van der Waals surface area (Å²) >= 11 is 0. The molecule has 1 unspecified atom stereocenters. The van der Waals surface area contributed by atoms with E-state index in [4.69, 9.17) is 0 Å². The van der Waals surface area contributed by atoms with E-state index in [0.29, 0.717) is 35.5 Å². The molecule has 3 aromatic rings. The van der Waals surface area contributed by atoms with Crippen molar-refractivity contribution in [3.8, 4) is 11.8 Å². The molecule has 10 heteroatoms. The third kappa shape index (κ3) is 3.39. The SMILES string of the molecule is CNC(=O)C1(C)CCC(n2cnc3c(NC)nc(C#Cc4ccc[nH]4)nc32)=C(O)[C@@H]1O. The van der Waals surface area contributed by atoms with Crippen LogP contribution in [0.25, 0.3) is 16.9 Å². The van der Waals surface area contributed by atoms with Gasteiger partial charge in [0.1, 0.15) is 18.2 Å². The zero-order valence-corrected chi connectivity index (χ0v) is 17.4. The Hall–Kier alpha value is -3.84. The number of aromatic nitrogens is 5. The number of aliphatic hydroxyl groups is 2. The number of carbonyl (C=O) groups is 1.